The van der Waals surface area contributed by atoms with Gasteiger partial charge in [-0.15, -0.1) is 0 Å². The minimum atomic E-state index is 0.0364. The van der Waals surface area contributed by atoms with Crippen molar-refractivity contribution >= 4 is 0 Å². The van der Waals surface area contributed by atoms with Crippen LogP contribution >= 0.6 is 0 Å². The van der Waals surface area contributed by atoms with Crippen molar-refractivity contribution in [1.29, 1.82) is 0 Å². The topological polar surface area (TPSA) is 71.4 Å². The molecule has 1 aliphatic rings. The quantitative estimate of drug-likeness (QED) is 0.691. The Balaban J connectivity index is 1.96. The van der Waals surface area contributed by atoms with E-state index >= 15 is 0 Å². The summed E-state index contributed by atoms with van der Waals surface area (Å²) in [5.41, 5.74) is 5.79. The van der Waals surface area contributed by atoms with Gasteiger partial charge in [-0.2, -0.15) is 0 Å². The molecule has 4 unspecified atom stereocenters. The van der Waals surface area contributed by atoms with Gasteiger partial charge in [-0.25, -0.2) is 0 Å². The van der Waals surface area contributed by atoms with E-state index in [1.807, 2.05) is 13.0 Å². The van der Waals surface area contributed by atoms with Crippen LogP contribution < -0.4 is 11.1 Å². The van der Waals surface area contributed by atoms with Crippen LogP contribution in [0.5, 0.6) is 0 Å². The van der Waals surface area contributed by atoms with Crippen molar-refractivity contribution in [3.05, 3.63) is 23.7 Å². The van der Waals surface area contributed by atoms with Crippen molar-refractivity contribution in [3.63, 3.8) is 0 Å². The highest BCUT2D eigenvalue weighted by Gasteiger charge is 2.36. The third-order valence-electron chi connectivity index (χ3n) is 3.75. The highest BCUT2D eigenvalue weighted by Crippen LogP contribution is 2.47. The van der Waals surface area contributed by atoms with E-state index in [-0.39, 0.29) is 18.7 Å². The highest BCUT2D eigenvalue weighted by molar-refractivity contribution is 5.19. The predicted molar refractivity (Wildman–Crippen MR) is 71.3 cm³/mol. The zero-order chi connectivity index (χ0) is 13.1. The van der Waals surface area contributed by atoms with Gasteiger partial charge in [-0.1, -0.05) is 6.92 Å². The maximum atomic E-state index is 8.91. The Bertz CT molecular complexity index is 378. The summed E-state index contributed by atoms with van der Waals surface area (Å²) in [6.45, 7) is 4.98. The second-order valence-electron chi connectivity index (χ2n) is 5.43. The summed E-state index contributed by atoms with van der Waals surface area (Å²) in [6, 6.07) is 4.37. The maximum absolute atomic E-state index is 8.91. The van der Waals surface area contributed by atoms with E-state index in [9.17, 15) is 0 Å². The second kappa shape index (κ2) is 5.87. The van der Waals surface area contributed by atoms with Crippen LogP contribution in [0.2, 0.25) is 0 Å². The normalized spacial score (nSPS) is 26.0. The maximum Gasteiger partial charge on any atom is 0.122 e. The molecule has 0 radical (unpaired) electrons. The van der Waals surface area contributed by atoms with Gasteiger partial charge in [-0.3, -0.25) is 0 Å². The molecule has 18 heavy (non-hydrogen) atoms. The summed E-state index contributed by atoms with van der Waals surface area (Å²) in [7, 11) is 0. The van der Waals surface area contributed by atoms with Crippen LogP contribution in [0.25, 0.3) is 0 Å². The molecule has 4 heteroatoms. The van der Waals surface area contributed by atoms with Crippen molar-refractivity contribution in [2.24, 2.45) is 11.7 Å². The van der Waals surface area contributed by atoms with Gasteiger partial charge in [0.15, 0.2) is 0 Å². The van der Waals surface area contributed by atoms with Crippen molar-refractivity contribution in [1.82, 2.24) is 5.32 Å². The fourth-order valence-electron chi connectivity index (χ4n) is 2.36. The number of aliphatic hydroxyl groups excluding tert-OH is 1. The Hall–Kier alpha value is -0.840. The molecule has 1 fully saturated rings. The van der Waals surface area contributed by atoms with Gasteiger partial charge in [-0.05, 0) is 37.8 Å². The summed E-state index contributed by atoms with van der Waals surface area (Å²) in [4.78, 5) is 0. The summed E-state index contributed by atoms with van der Waals surface area (Å²) in [5, 5.41) is 12.3. The summed E-state index contributed by atoms with van der Waals surface area (Å²) < 4.78 is 5.91. The average Bonchev–Trinajstić information content (AvgIpc) is 2.90. The molecule has 1 aromatic heterocycles. The van der Waals surface area contributed by atoms with Crippen molar-refractivity contribution in [2.75, 3.05) is 13.2 Å². The van der Waals surface area contributed by atoms with Gasteiger partial charge in [0.2, 0.25) is 0 Å². The van der Waals surface area contributed by atoms with E-state index in [0.29, 0.717) is 12.5 Å². The predicted octanol–water partition coefficient (Wildman–Crippen LogP) is 1.76. The van der Waals surface area contributed by atoms with E-state index in [1.54, 1.807) is 0 Å². The molecule has 1 aromatic rings. The summed E-state index contributed by atoms with van der Waals surface area (Å²) >= 11 is 0. The molecule has 0 bridgehead atoms. The molecule has 4 nitrogen and oxygen atoms in total. The Kier molecular flexibility index (Phi) is 4.43. The largest absolute Gasteiger partial charge is 0.464 e. The molecule has 4 N–H and O–H groups in total. The van der Waals surface area contributed by atoms with Gasteiger partial charge in [0.25, 0.3) is 0 Å². The highest BCUT2D eigenvalue weighted by atomic mass is 16.3. The lowest BCUT2D eigenvalue weighted by molar-refractivity contribution is 0.259. The van der Waals surface area contributed by atoms with Crippen molar-refractivity contribution in [3.8, 4) is 0 Å². The standard InChI is InChI=1S/C14H24N2O2/c1-9-7-11(9)13-3-4-14(18-13)12(8-15)16-10(2)5-6-17/h3-4,9-12,16-17H,5-8,15H2,1-2H3. The fourth-order valence-corrected chi connectivity index (χ4v) is 2.36. The number of nitrogens with one attached hydrogen (secondary N) is 1. The number of furan rings is 1. The number of hydrogen-bond acceptors (Lipinski definition) is 4. The Morgan fingerprint density at radius 1 is 1.56 bits per heavy atom. The van der Waals surface area contributed by atoms with Crippen LogP contribution in [-0.4, -0.2) is 24.3 Å². The Morgan fingerprint density at radius 3 is 2.83 bits per heavy atom. The number of hydrogen-bond donors (Lipinski definition) is 3. The average molecular weight is 252 g/mol. The molecule has 1 aliphatic carbocycles. The molecule has 1 heterocycles. The van der Waals surface area contributed by atoms with Crippen LogP contribution in [-0.2, 0) is 0 Å². The van der Waals surface area contributed by atoms with Gasteiger partial charge in [0.1, 0.15) is 11.5 Å². The van der Waals surface area contributed by atoms with E-state index in [0.717, 1.165) is 23.9 Å². The molecule has 0 aliphatic heterocycles. The number of nitrogens with two attached hydrogens (primary N) is 1. The first-order valence-corrected chi connectivity index (χ1v) is 6.82. The molecule has 1 saturated carbocycles. The minimum absolute atomic E-state index is 0.0364. The molecule has 0 saturated heterocycles. The molecule has 4 atom stereocenters. The van der Waals surface area contributed by atoms with E-state index < -0.39 is 0 Å². The zero-order valence-electron chi connectivity index (χ0n) is 11.2. The smallest absolute Gasteiger partial charge is 0.122 e. The van der Waals surface area contributed by atoms with Gasteiger partial charge in [0, 0.05) is 25.1 Å². The lowest BCUT2D eigenvalue weighted by Crippen LogP contribution is -2.35. The van der Waals surface area contributed by atoms with Crippen LogP contribution in [0, 0.1) is 5.92 Å². The van der Waals surface area contributed by atoms with Crippen molar-refractivity contribution in [2.45, 2.75) is 44.7 Å². The van der Waals surface area contributed by atoms with Gasteiger partial charge in [0.05, 0.1) is 6.04 Å². The summed E-state index contributed by atoms with van der Waals surface area (Å²) in [5.74, 6) is 3.36. The fraction of sp³-hybridized carbons (Fsp3) is 0.714. The minimum Gasteiger partial charge on any atom is -0.464 e. The first-order valence-electron chi connectivity index (χ1n) is 6.82. The molecule has 0 aromatic carbocycles. The molecule has 2 rings (SSSR count). The molecular formula is C14H24N2O2. The van der Waals surface area contributed by atoms with Gasteiger partial charge >= 0.3 is 0 Å². The van der Waals surface area contributed by atoms with E-state index in [1.165, 1.54) is 6.42 Å². The molecule has 0 spiro atoms. The van der Waals surface area contributed by atoms with E-state index in [2.05, 4.69) is 18.3 Å². The van der Waals surface area contributed by atoms with Crippen molar-refractivity contribution < 1.29 is 9.52 Å². The molecule has 102 valence electrons. The lowest BCUT2D eigenvalue weighted by atomic mass is 10.1. The first-order chi connectivity index (χ1) is 8.65. The third-order valence-corrected chi connectivity index (χ3v) is 3.75. The third kappa shape index (κ3) is 3.13. The van der Waals surface area contributed by atoms with Crippen LogP contribution in [0.1, 0.15) is 50.2 Å². The SMILES string of the molecule is CC(CCO)NC(CN)c1ccc(C2CC2C)o1. The van der Waals surface area contributed by atoms with Crippen LogP contribution in [0.15, 0.2) is 16.5 Å². The number of aliphatic hydroxyl groups is 1. The van der Waals surface area contributed by atoms with Crippen LogP contribution in [0.4, 0.5) is 0 Å². The molecule has 0 amide bonds. The monoisotopic (exact) mass is 252 g/mol. The Morgan fingerprint density at radius 2 is 2.28 bits per heavy atom. The van der Waals surface area contributed by atoms with E-state index in [4.69, 9.17) is 15.3 Å². The molecular weight excluding hydrogens is 228 g/mol. The lowest BCUT2D eigenvalue weighted by Gasteiger charge is -2.19. The first kappa shape index (κ1) is 13.6. The summed E-state index contributed by atoms with van der Waals surface area (Å²) in [6.07, 6.45) is 1.96. The zero-order valence-corrected chi connectivity index (χ0v) is 11.2. The Labute approximate surface area is 109 Å². The van der Waals surface area contributed by atoms with Gasteiger partial charge < -0.3 is 20.6 Å². The number of rotatable bonds is 7. The van der Waals surface area contributed by atoms with Crippen LogP contribution in [0.3, 0.4) is 0 Å². The second-order valence-corrected chi connectivity index (χ2v) is 5.43.